The summed E-state index contributed by atoms with van der Waals surface area (Å²) in [6.45, 7) is 10.6. The molecule has 3 atom stereocenters. The zero-order valence-corrected chi connectivity index (χ0v) is 26.9. The van der Waals surface area contributed by atoms with Gasteiger partial charge in [-0.05, 0) is 71.9 Å². The number of amides is 3. The molecule has 1 aliphatic rings. The second-order valence-corrected chi connectivity index (χ2v) is 12.1. The Bertz CT molecular complexity index is 1820. The van der Waals surface area contributed by atoms with Crippen molar-refractivity contribution >= 4 is 34.5 Å². The van der Waals surface area contributed by atoms with Gasteiger partial charge in [-0.25, -0.2) is 9.48 Å². The molecular formula is C35H38N6O5. The molecule has 3 amide bonds. The van der Waals surface area contributed by atoms with Crippen LogP contribution in [0, 0.1) is 11.3 Å². The molecule has 11 nitrogen and oxygen atoms in total. The highest BCUT2D eigenvalue weighted by atomic mass is 16.6. The third-order valence-electron chi connectivity index (χ3n) is 7.81. The number of para-hydroxylation sites is 4. The second-order valence-electron chi connectivity index (χ2n) is 12.1. The van der Waals surface area contributed by atoms with Gasteiger partial charge in [0.25, 0.3) is 5.91 Å². The summed E-state index contributed by atoms with van der Waals surface area (Å²) in [5, 5.41) is 18.3. The minimum atomic E-state index is -1.08. The van der Waals surface area contributed by atoms with Crippen LogP contribution in [-0.4, -0.2) is 62.9 Å². The molecule has 0 saturated carbocycles. The van der Waals surface area contributed by atoms with Crippen LogP contribution in [0.25, 0.3) is 16.6 Å². The first-order chi connectivity index (χ1) is 21.9. The molecule has 4 aromatic rings. The Morgan fingerprint density at radius 2 is 1.72 bits per heavy atom. The molecule has 11 heteroatoms. The molecule has 3 aromatic carbocycles. The van der Waals surface area contributed by atoms with E-state index in [-0.39, 0.29) is 13.1 Å². The van der Waals surface area contributed by atoms with Crippen molar-refractivity contribution in [2.75, 3.05) is 11.4 Å². The highest BCUT2D eigenvalue weighted by Gasteiger charge is 2.40. The number of likely N-dealkylation sites (N-methyl/N-ethyl adjacent to an activating group) is 1. The topological polar surface area (TPSA) is 130 Å². The first-order valence-electron chi connectivity index (χ1n) is 15.3. The van der Waals surface area contributed by atoms with E-state index in [4.69, 9.17) is 14.6 Å². The fourth-order valence-electron chi connectivity index (χ4n) is 5.51. The highest BCUT2D eigenvalue weighted by molar-refractivity contribution is 6.02. The molecule has 0 spiro atoms. The average Bonchev–Trinajstić information content (AvgIpc) is 3.35. The maximum atomic E-state index is 14.4. The van der Waals surface area contributed by atoms with E-state index in [1.54, 1.807) is 75.4 Å². The molecule has 238 valence electrons. The smallest absolute Gasteiger partial charge is 0.410 e. The number of rotatable bonds is 7. The summed E-state index contributed by atoms with van der Waals surface area (Å²) < 4.78 is 13.5. The number of carbonyl (C=O) groups excluding carboxylic acids is 3. The van der Waals surface area contributed by atoms with Gasteiger partial charge >= 0.3 is 6.09 Å². The van der Waals surface area contributed by atoms with Crippen LogP contribution in [0.4, 0.5) is 10.5 Å². The molecular weight excluding hydrogens is 584 g/mol. The molecule has 0 unspecified atom stereocenters. The van der Waals surface area contributed by atoms with Crippen LogP contribution in [0.2, 0.25) is 0 Å². The van der Waals surface area contributed by atoms with Gasteiger partial charge in [0.05, 0.1) is 34.7 Å². The SMILES string of the molecule is CCN(C(=O)OC(C)(C)C)[C@@H](C)C(=O)N[C@@H]1C(=O)N(Cc2nn(-c3ccccc3C#N)c3ccccc23)c2ccccc2O[C@H]1C. The van der Waals surface area contributed by atoms with Crippen LogP contribution in [0.5, 0.6) is 5.75 Å². The van der Waals surface area contributed by atoms with Crippen molar-refractivity contribution in [2.24, 2.45) is 0 Å². The summed E-state index contributed by atoms with van der Waals surface area (Å²) in [7, 11) is 0. The van der Waals surface area contributed by atoms with E-state index in [1.165, 1.54) is 4.90 Å². The largest absolute Gasteiger partial charge is 0.486 e. The van der Waals surface area contributed by atoms with Crippen LogP contribution in [0.15, 0.2) is 72.8 Å². The number of carbonyl (C=O) groups is 3. The number of fused-ring (bicyclic) bond motifs is 2. The minimum Gasteiger partial charge on any atom is -0.486 e. The van der Waals surface area contributed by atoms with E-state index in [1.807, 2.05) is 48.5 Å². The lowest BCUT2D eigenvalue weighted by atomic mass is 10.1. The summed E-state index contributed by atoms with van der Waals surface area (Å²) in [6, 6.07) is 22.3. The third kappa shape index (κ3) is 6.38. The quantitative estimate of drug-likeness (QED) is 0.294. The van der Waals surface area contributed by atoms with Gasteiger partial charge in [0, 0.05) is 11.9 Å². The summed E-state index contributed by atoms with van der Waals surface area (Å²) in [6.07, 6.45) is -1.35. The fourth-order valence-corrected chi connectivity index (χ4v) is 5.51. The van der Waals surface area contributed by atoms with Crippen molar-refractivity contribution in [3.8, 4) is 17.5 Å². The lowest BCUT2D eigenvalue weighted by Gasteiger charge is -2.32. The van der Waals surface area contributed by atoms with E-state index in [0.717, 1.165) is 10.9 Å². The summed E-state index contributed by atoms with van der Waals surface area (Å²) >= 11 is 0. The fraction of sp³-hybridized carbons (Fsp3) is 0.343. The van der Waals surface area contributed by atoms with Crippen molar-refractivity contribution in [1.82, 2.24) is 20.0 Å². The number of benzene rings is 3. The Balaban J connectivity index is 1.50. The molecule has 1 aromatic heterocycles. The van der Waals surface area contributed by atoms with Gasteiger partial charge < -0.3 is 19.7 Å². The minimum absolute atomic E-state index is 0.0646. The predicted octanol–water partition coefficient (Wildman–Crippen LogP) is 5.34. The van der Waals surface area contributed by atoms with E-state index >= 15 is 0 Å². The van der Waals surface area contributed by atoms with Crippen LogP contribution < -0.4 is 15.0 Å². The molecule has 1 aliphatic heterocycles. The molecule has 0 saturated heterocycles. The lowest BCUT2D eigenvalue weighted by Crippen LogP contribution is -2.58. The number of nitriles is 1. The summed E-state index contributed by atoms with van der Waals surface area (Å²) in [4.78, 5) is 43.7. The number of anilines is 1. The van der Waals surface area contributed by atoms with Crippen molar-refractivity contribution in [1.29, 1.82) is 5.26 Å². The van der Waals surface area contributed by atoms with E-state index in [9.17, 15) is 19.6 Å². The van der Waals surface area contributed by atoms with E-state index < -0.39 is 41.7 Å². The van der Waals surface area contributed by atoms with Gasteiger partial charge in [0.2, 0.25) is 5.91 Å². The zero-order chi connectivity index (χ0) is 33.2. The van der Waals surface area contributed by atoms with Crippen LogP contribution in [-0.2, 0) is 20.9 Å². The molecule has 2 heterocycles. The molecule has 5 rings (SSSR count). The molecule has 0 fully saturated rings. The van der Waals surface area contributed by atoms with Gasteiger partial charge in [0.15, 0.2) is 0 Å². The Hall–Kier alpha value is -5.37. The third-order valence-corrected chi connectivity index (χ3v) is 7.81. The Labute approximate surface area is 268 Å². The lowest BCUT2D eigenvalue weighted by molar-refractivity contribution is -0.132. The van der Waals surface area contributed by atoms with Crippen LogP contribution >= 0.6 is 0 Å². The molecule has 46 heavy (non-hydrogen) atoms. The second kappa shape index (κ2) is 12.9. The standard InChI is InChI=1S/C35H38N6O5/c1-7-39(34(44)46-35(4,5)6)22(2)32(42)37-31-23(3)45-30-19-13-12-18-29(30)40(33(31)43)21-26-25-15-9-11-17-28(25)41(38-26)27-16-10-8-14-24(27)20-36/h8-19,22-23,31H,7,21H2,1-6H3,(H,37,42)/t22-,23-,31-/m0/s1. The number of ether oxygens (including phenoxy) is 2. The maximum Gasteiger partial charge on any atom is 0.410 e. The Morgan fingerprint density at radius 3 is 2.41 bits per heavy atom. The molecule has 0 bridgehead atoms. The monoisotopic (exact) mass is 622 g/mol. The van der Waals surface area contributed by atoms with Gasteiger partial charge in [-0.3, -0.25) is 14.5 Å². The molecule has 0 radical (unpaired) electrons. The first kappa shape index (κ1) is 32.0. The first-order valence-corrected chi connectivity index (χ1v) is 15.3. The van der Waals surface area contributed by atoms with Gasteiger partial charge in [-0.1, -0.05) is 42.5 Å². The number of nitrogens with one attached hydrogen (secondary N) is 1. The number of aromatic nitrogens is 2. The number of nitrogens with zero attached hydrogens (tertiary/aromatic N) is 5. The van der Waals surface area contributed by atoms with Crippen molar-refractivity contribution < 1.29 is 23.9 Å². The summed E-state index contributed by atoms with van der Waals surface area (Å²) in [5.74, 6) is -0.430. The van der Waals surface area contributed by atoms with Crippen molar-refractivity contribution in [3.05, 3.63) is 84.1 Å². The van der Waals surface area contributed by atoms with Crippen molar-refractivity contribution in [2.45, 2.75) is 71.9 Å². The van der Waals surface area contributed by atoms with E-state index in [2.05, 4.69) is 11.4 Å². The zero-order valence-electron chi connectivity index (χ0n) is 26.9. The predicted molar refractivity (Wildman–Crippen MR) is 174 cm³/mol. The van der Waals surface area contributed by atoms with Gasteiger partial charge in [-0.15, -0.1) is 0 Å². The normalized spacial score (nSPS) is 16.9. The van der Waals surface area contributed by atoms with Gasteiger partial charge in [0.1, 0.15) is 35.6 Å². The molecule has 0 aliphatic carbocycles. The highest BCUT2D eigenvalue weighted by Crippen LogP contribution is 2.35. The maximum absolute atomic E-state index is 14.4. The van der Waals surface area contributed by atoms with Gasteiger partial charge in [-0.2, -0.15) is 10.4 Å². The summed E-state index contributed by atoms with van der Waals surface area (Å²) in [5.41, 5.74) is 2.26. The van der Waals surface area contributed by atoms with Crippen molar-refractivity contribution in [3.63, 3.8) is 0 Å². The Morgan fingerprint density at radius 1 is 1.07 bits per heavy atom. The number of hydrogen-bond donors (Lipinski definition) is 1. The number of hydrogen-bond acceptors (Lipinski definition) is 7. The van der Waals surface area contributed by atoms with E-state index in [0.29, 0.717) is 28.4 Å². The Kier molecular flexibility index (Phi) is 9.00. The molecule has 1 N–H and O–H groups in total. The van der Waals surface area contributed by atoms with Crippen LogP contribution in [0.1, 0.15) is 52.8 Å². The average molecular weight is 623 g/mol. The van der Waals surface area contributed by atoms with Crippen LogP contribution in [0.3, 0.4) is 0 Å².